The molecule has 0 spiro atoms. The molecule has 1 aliphatic rings. The summed E-state index contributed by atoms with van der Waals surface area (Å²) in [6.45, 7) is 10.0. The minimum atomic E-state index is -0.172. The third-order valence-corrected chi connectivity index (χ3v) is 5.14. The third kappa shape index (κ3) is 5.41. The van der Waals surface area contributed by atoms with Crippen LogP contribution in [0.3, 0.4) is 0 Å². The molecule has 0 saturated carbocycles. The first kappa shape index (κ1) is 21.0. The van der Waals surface area contributed by atoms with Gasteiger partial charge in [0.1, 0.15) is 11.5 Å². The van der Waals surface area contributed by atoms with Gasteiger partial charge in [-0.3, -0.25) is 9.69 Å². The molecule has 0 atom stereocenters. The summed E-state index contributed by atoms with van der Waals surface area (Å²) in [6, 6.07) is 13.1. The van der Waals surface area contributed by atoms with Crippen molar-refractivity contribution in [1.82, 2.24) is 4.90 Å². The van der Waals surface area contributed by atoms with E-state index in [4.69, 9.17) is 9.47 Å². The van der Waals surface area contributed by atoms with Crippen LogP contribution in [-0.4, -0.2) is 57.2 Å². The van der Waals surface area contributed by atoms with E-state index >= 15 is 0 Å². The molecule has 156 valence electrons. The second-order valence-corrected chi connectivity index (χ2v) is 7.12. The van der Waals surface area contributed by atoms with E-state index in [1.807, 2.05) is 19.1 Å². The fraction of sp³-hybridized carbons (Fsp3) is 0.435. The van der Waals surface area contributed by atoms with E-state index in [1.54, 1.807) is 31.4 Å². The SMILES string of the molecule is CCCN1CCN(c2ccc(NC(=O)c3ccc(OC)cc3)c(OCC)c2)CC1. The predicted molar refractivity (Wildman–Crippen MR) is 118 cm³/mol. The smallest absolute Gasteiger partial charge is 0.255 e. The number of piperazine rings is 1. The first-order valence-corrected chi connectivity index (χ1v) is 10.3. The molecule has 3 rings (SSSR count). The fourth-order valence-electron chi connectivity index (χ4n) is 3.57. The van der Waals surface area contributed by atoms with Crippen molar-refractivity contribution in [2.24, 2.45) is 0 Å². The van der Waals surface area contributed by atoms with Gasteiger partial charge in [-0.05, 0) is 56.3 Å². The Hall–Kier alpha value is -2.73. The summed E-state index contributed by atoms with van der Waals surface area (Å²) in [4.78, 5) is 17.5. The van der Waals surface area contributed by atoms with E-state index in [-0.39, 0.29) is 5.91 Å². The van der Waals surface area contributed by atoms with Crippen LogP contribution < -0.4 is 19.7 Å². The van der Waals surface area contributed by atoms with Gasteiger partial charge in [0.15, 0.2) is 0 Å². The summed E-state index contributed by atoms with van der Waals surface area (Å²) in [5.74, 6) is 1.25. The quantitative estimate of drug-likeness (QED) is 0.733. The average Bonchev–Trinajstić information content (AvgIpc) is 2.76. The van der Waals surface area contributed by atoms with Gasteiger partial charge < -0.3 is 19.7 Å². The molecule has 6 heteroatoms. The lowest BCUT2D eigenvalue weighted by atomic mass is 10.1. The van der Waals surface area contributed by atoms with Gasteiger partial charge in [-0.15, -0.1) is 0 Å². The minimum absolute atomic E-state index is 0.172. The van der Waals surface area contributed by atoms with Crippen molar-refractivity contribution in [2.75, 3.05) is 56.7 Å². The Morgan fingerprint density at radius 3 is 2.38 bits per heavy atom. The van der Waals surface area contributed by atoms with Crippen LogP contribution >= 0.6 is 0 Å². The normalized spacial score (nSPS) is 14.5. The van der Waals surface area contributed by atoms with Crippen molar-refractivity contribution in [3.05, 3.63) is 48.0 Å². The standard InChI is InChI=1S/C23H31N3O3/c1-4-12-25-13-15-26(16-14-25)19-8-11-21(22(17-19)29-5-2)24-23(27)18-6-9-20(28-3)10-7-18/h6-11,17H,4-5,12-16H2,1-3H3,(H,24,27). The molecule has 1 aliphatic heterocycles. The summed E-state index contributed by atoms with van der Waals surface area (Å²) in [7, 11) is 1.61. The van der Waals surface area contributed by atoms with Crippen molar-refractivity contribution >= 4 is 17.3 Å². The van der Waals surface area contributed by atoms with Crippen LogP contribution in [0.2, 0.25) is 0 Å². The number of methoxy groups -OCH3 is 1. The van der Waals surface area contributed by atoms with Gasteiger partial charge >= 0.3 is 0 Å². The largest absolute Gasteiger partial charge is 0.497 e. The number of benzene rings is 2. The molecule has 0 aliphatic carbocycles. The molecule has 2 aromatic carbocycles. The van der Waals surface area contributed by atoms with Crippen LogP contribution in [0.15, 0.2) is 42.5 Å². The Kier molecular flexibility index (Phi) is 7.36. The van der Waals surface area contributed by atoms with E-state index in [2.05, 4.69) is 28.1 Å². The Balaban J connectivity index is 1.71. The van der Waals surface area contributed by atoms with E-state index in [1.165, 1.54) is 6.42 Å². The maximum atomic E-state index is 12.6. The van der Waals surface area contributed by atoms with Crippen LogP contribution in [0.4, 0.5) is 11.4 Å². The number of nitrogens with one attached hydrogen (secondary N) is 1. The van der Waals surface area contributed by atoms with Crippen molar-refractivity contribution < 1.29 is 14.3 Å². The van der Waals surface area contributed by atoms with Crippen molar-refractivity contribution in [2.45, 2.75) is 20.3 Å². The number of ether oxygens (including phenoxy) is 2. The zero-order valence-electron chi connectivity index (χ0n) is 17.6. The molecule has 29 heavy (non-hydrogen) atoms. The maximum Gasteiger partial charge on any atom is 0.255 e. The first-order chi connectivity index (χ1) is 14.1. The number of rotatable bonds is 8. The number of hydrogen-bond donors (Lipinski definition) is 1. The Morgan fingerprint density at radius 1 is 1.03 bits per heavy atom. The lowest BCUT2D eigenvalue weighted by molar-refractivity contribution is 0.102. The topological polar surface area (TPSA) is 54.0 Å². The second kappa shape index (κ2) is 10.2. The van der Waals surface area contributed by atoms with Crippen molar-refractivity contribution in [3.8, 4) is 11.5 Å². The molecule has 0 bridgehead atoms. The van der Waals surface area contributed by atoms with Crippen LogP contribution in [-0.2, 0) is 0 Å². The van der Waals surface area contributed by atoms with E-state index in [0.29, 0.717) is 23.6 Å². The zero-order valence-corrected chi connectivity index (χ0v) is 17.6. The third-order valence-electron chi connectivity index (χ3n) is 5.14. The highest BCUT2D eigenvalue weighted by Gasteiger charge is 2.18. The maximum absolute atomic E-state index is 12.6. The molecule has 0 radical (unpaired) electrons. The second-order valence-electron chi connectivity index (χ2n) is 7.12. The molecule has 1 N–H and O–H groups in total. The highest BCUT2D eigenvalue weighted by molar-refractivity contribution is 6.05. The van der Waals surface area contributed by atoms with Gasteiger partial charge in [0.2, 0.25) is 0 Å². The van der Waals surface area contributed by atoms with Crippen LogP contribution in [0, 0.1) is 0 Å². The van der Waals surface area contributed by atoms with Gasteiger partial charge in [-0.2, -0.15) is 0 Å². The van der Waals surface area contributed by atoms with E-state index < -0.39 is 0 Å². The highest BCUT2D eigenvalue weighted by atomic mass is 16.5. The lowest BCUT2D eigenvalue weighted by Gasteiger charge is -2.36. The number of nitrogens with zero attached hydrogens (tertiary/aromatic N) is 2. The van der Waals surface area contributed by atoms with Crippen molar-refractivity contribution in [3.63, 3.8) is 0 Å². The number of carbonyl (C=O) groups is 1. The molecule has 1 fully saturated rings. The number of anilines is 2. The molecular weight excluding hydrogens is 366 g/mol. The van der Waals surface area contributed by atoms with Crippen LogP contribution in [0.5, 0.6) is 11.5 Å². The fourth-order valence-corrected chi connectivity index (χ4v) is 3.57. The molecule has 2 aromatic rings. The van der Waals surface area contributed by atoms with Gasteiger partial charge in [0.05, 0.1) is 19.4 Å². The van der Waals surface area contributed by atoms with Crippen LogP contribution in [0.1, 0.15) is 30.6 Å². The first-order valence-electron chi connectivity index (χ1n) is 10.3. The summed E-state index contributed by atoms with van der Waals surface area (Å²) in [5, 5.41) is 2.97. The Morgan fingerprint density at radius 2 is 1.76 bits per heavy atom. The predicted octanol–water partition coefficient (Wildman–Crippen LogP) is 3.88. The Labute approximate surface area is 173 Å². The molecule has 0 unspecified atom stereocenters. The molecule has 1 heterocycles. The van der Waals surface area contributed by atoms with E-state index in [0.717, 1.165) is 44.2 Å². The lowest BCUT2D eigenvalue weighted by Crippen LogP contribution is -2.46. The minimum Gasteiger partial charge on any atom is -0.497 e. The summed E-state index contributed by atoms with van der Waals surface area (Å²) in [5.41, 5.74) is 2.39. The van der Waals surface area contributed by atoms with Gasteiger partial charge in [0, 0.05) is 43.5 Å². The van der Waals surface area contributed by atoms with Gasteiger partial charge in [0.25, 0.3) is 5.91 Å². The summed E-state index contributed by atoms with van der Waals surface area (Å²) < 4.78 is 11.0. The molecule has 1 saturated heterocycles. The highest BCUT2D eigenvalue weighted by Crippen LogP contribution is 2.31. The molecule has 1 amide bonds. The van der Waals surface area contributed by atoms with Gasteiger partial charge in [-0.25, -0.2) is 0 Å². The molecule has 6 nitrogen and oxygen atoms in total. The number of amides is 1. The molecular formula is C23H31N3O3. The zero-order chi connectivity index (χ0) is 20.6. The van der Waals surface area contributed by atoms with Gasteiger partial charge in [-0.1, -0.05) is 6.92 Å². The average molecular weight is 398 g/mol. The van der Waals surface area contributed by atoms with E-state index in [9.17, 15) is 4.79 Å². The monoisotopic (exact) mass is 397 g/mol. The molecule has 0 aromatic heterocycles. The van der Waals surface area contributed by atoms with Crippen molar-refractivity contribution in [1.29, 1.82) is 0 Å². The Bertz CT molecular complexity index is 800. The summed E-state index contributed by atoms with van der Waals surface area (Å²) >= 11 is 0. The number of hydrogen-bond acceptors (Lipinski definition) is 5. The number of carbonyl (C=O) groups excluding carboxylic acids is 1. The van der Waals surface area contributed by atoms with Crippen LogP contribution in [0.25, 0.3) is 0 Å². The summed E-state index contributed by atoms with van der Waals surface area (Å²) in [6.07, 6.45) is 1.19.